The van der Waals surface area contributed by atoms with Gasteiger partial charge in [0.05, 0.1) is 12.8 Å². The first kappa shape index (κ1) is 20.3. The summed E-state index contributed by atoms with van der Waals surface area (Å²) in [6.07, 6.45) is 2.72. The quantitative estimate of drug-likeness (QED) is 0.579. The van der Waals surface area contributed by atoms with Gasteiger partial charge in [0.1, 0.15) is 19.2 Å². The molecule has 0 saturated carbocycles. The molecule has 1 fully saturated rings. The van der Waals surface area contributed by atoms with Crippen LogP contribution in [0.25, 0.3) is 5.69 Å². The largest absolute Gasteiger partial charge is 0.493 e. The monoisotopic (exact) mass is 410 g/mol. The van der Waals surface area contributed by atoms with Crippen LogP contribution in [-0.4, -0.2) is 46.6 Å². The summed E-state index contributed by atoms with van der Waals surface area (Å²) in [5.41, 5.74) is 3.26. The van der Waals surface area contributed by atoms with Crippen molar-refractivity contribution in [2.45, 2.75) is 39.0 Å². The van der Waals surface area contributed by atoms with Gasteiger partial charge in [-0.2, -0.15) is 4.68 Å². The normalized spacial score (nSPS) is 16.0. The summed E-state index contributed by atoms with van der Waals surface area (Å²) in [5.74, 6) is 1.99. The van der Waals surface area contributed by atoms with Gasteiger partial charge in [-0.1, -0.05) is 17.7 Å². The zero-order valence-electron chi connectivity index (χ0n) is 17.5. The summed E-state index contributed by atoms with van der Waals surface area (Å²) in [6, 6.07) is 14.0. The molecule has 8 heteroatoms. The molecule has 30 heavy (non-hydrogen) atoms. The Morgan fingerprint density at radius 3 is 2.80 bits per heavy atom. The molecule has 0 aliphatic carbocycles. The number of nitrogens with zero attached hydrogens (tertiary/aromatic N) is 4. The molecule has 1 aliphatic rings. The number of hydrogen-bond donors (Lipinski definition) is 1. The number of tetrazole rings is 1. The lowest BCUT2D eigenvalue weighted by molar-refractivity contribution is -0.676. The van der Waals surface area contributed by atoms with Gasteiger partial charge in [-0.15, -0.1) is 5.10 Å². The van der Waals surface area contributed by atoms with Crippen molar-refractivity contribution in [3.8, 4) is 17.2 Å². The van der Waals surface area contributed by atoms with E-state index in [1.807, 2.05) is 43.3 Å². The van der Waals surface area contributed by atoms with Gasteiger partial charge >= 0.3 is 0 Å². The third-order valence-corrected chi connectivity index (χ3v) is 5.23. The summed E-state index contributed by atoms with van der Waals surface area (Å²) in [7, 11) is 1.65. The number of hydrogen-bond acceptors (Lipinski definition) is 6. The Kier molecular flexibility index (Phi) is 6.56. The van der Waals surface area contributed by atoms with E-state index in [1.165, 1.54) is 17.5 Å². The maximum atomic E-state index is 5.98. The maximum Gasteiger partial charge on any atom is 0.194 e. The average molecular weight is 410 g/mol. The van der Waals surface area contributed by atoms with Crippen molar-refractivity contribution < 1.29 is 19.5 Å². The summed E-state index contributed by atoms with van der Waals surface area (Å²) in [5, 5.41) is 14.3. The number of ether oxygens (including phenoxy) is 3. The van der Waals surface area contributed by atoms with Crippen molar-refractivity contribution in [2.24, 2.45) is 0 Å². The summed E-state index contributed by atoms with van der Waals surface area (Å²) >= 11 is 0. The lowest BCUT2D eigenvalue weighted by Gasteiger charge is -2.13. The first-order chi connectivity index (χ1) is 14.7. The van der Waals surface area contributed by atoms with Gasteiger partial charge in [0.2, 0.25) is 0 Å². The van der Waals surface area contributed by atoms with E-state index >= 15 is 0 Å². The molecule has 2 heterocycles. The van der Waals surface area contributed by atoms with Gasteiger partial charge in [-0.3, -0.25) is 0 Å². The molecule has 1 aliphatic heterocycles. The highest BCUT2D eigenvalue weighted by Crippen LogP contribution is 2.28. The SMILES string of the molecule is COc1cc(C[NH2+]C[C@H]2CCCO2)ccc1OCc1nnnn1-c1ccc(C)cc1. The Morgan fingerprint density at radius 2 is 2.03 bits per heavy atom. The van der Waals surface area contributed by atoms with Crippen LogP contribution in [-0.2, 0) is 17.9 Å². The van der Waals surface area contributed by atoms with E-state index in [1.54, 1.807) is 11.8 Å². The fraction of sp³-hybridized carbons (Fsp3) is 0.409. The smallest absolute Gasteiger partial charge is 0.194 e. The molecule has 2 aromatic carbocycles. The minimum absolute atomic E-state index is 0.238. The summed E-state index contributed by atoms with van der Waals surface area (Å²) in [4.78, 5) is 0. The fourth-order valence-corrected chi connectivity index (χ4v) is 3.55. The molecule has 1 saturated heterocycles. The first-order valence-corrected chi connectivity index (χ1v) is 10.3. The van der Waals surface area contributed by atoms with Crippen LogP contribution in [0.4, 0.5) is 0 Å². The minimum Gasteiger partial charge on any atom is -0.493 e. The van der Waals surface area contributed by atoms with Crippen LogP contribution in [0.1, 0.15) is 29.8 Å². The van der Waals surface area contributed by atoms with Crippen LogP contribution in [0.5, 0.6) is 11.5 Å². The maximum absolute atomic E-state index is 5.98. The molecule has 2 N–H and O–H groups in total. The third kappa shape index (κ3) is 4.95. The highest BCUT2D eigenvalue weighted by Gasteiger charge is 2.17. The number of nitrogens with two attached hydrogens (primary N) is 1. The van der Waals surface area contributed by atoms with Crippen LogP contribution in [0.3, 0.4) is 0 Å². The molecule has 0 spiro atoms. The van der Waals surface area contributed by atoms with E-state index < -0.39 is 0 Å². The Labute approximate surface area is 176 Å². The van der Waals surface area contributed by atoms with Gasteiger partial charge in [-0.25, -0.2) is 0 Å². The van der Waals surface area contributed by atoms with E-state index in [2.05, 4.69) is 26.9 Å². The van der Waals surface area contributed by atoms with Crippen LogP contribution < -0.4 is 14.8 Å². The van der Waals surface area contributed by atoms with E-state index in [9.17, 15) is 0 Å². The van der Waals surface area contributed by atoms with E-state index in [0.29, 0.717) is 23.4 Å². The number of aromatic nitrogens is 4. The molecule has 4 rings (SSSR count). The van der Waals surface area contributed by atoms with Crippen LogP contribution in [0, 0.1) is 6.92 Å². The Morgan fingerprint density at radius 1 is 1.17 bits per heavy atom. The van der Waals surface area contributed by atoms with Crippen molar-refractivity contribution in [3.63, 3.8) is 0 Å². The second-order valence-corrected chi connectivity index (χ2v) is 7.48. The number of rotatable bonds is 9. The number of methoxy groups -OCH3 is 1. The molecule has 3 aromatic rings. The molecule has 0 radical (unpaired) electrons. The van der Waals surface area contributed by atoms with Gasteiger partial charge in [0.25, 0.3) is 0 Å². The highest BCUT2D eigenvalue weighted by molar-refractivity contribution is 5.43. The van der Waals surface area contributed by atoms with Crippen molar-refractivity contribution in [2.75, 3.05) is 20.3 Å². The molecule has 0 unspecified atom stereocenters. The Bertz CT molecular complexity index is 952. The summed E-state index contributed by atoms with van der Waals surface area (Å²) in [6.45, 7) is 5.04. The molecular formula is C22H28N5O3+. The standard InChI is InChI=1S/C22H27N5O3/c1-16-5-8-18(9-6-16)27-22(24-25-26-27)15-30-20-10-7-17(12-21(20)28-2)13-23-14-19-4-3-11-29-19/h5-10,12,19,23H,3-4,11,13-15H2,1-2H3/p+1/t19-/m1/s1. The Hall–Kier alpha value is -2.97. The van der Waals surface area contributed by atoms with Gasteiger partial charge < -0.3 is 19.5 Å². The molecule has 0 bridgehead atoms. The van der Waals surface area contributed by atoms with E-state index in [0.717, 1.165) is 31.8 Å². The Balaban J connectivity index is 1.37. The number of quaternary nitrogens is 1. The van der Waals surface area contributed by atoms with Gasteiger partial charge in [0, 0.05) is 12.2 Å². The van der Waals surface area contributed by atoms with Crippen LogP contribution >= 0.6 is 0 Å². The van der Waals surface area contributed by atoms with Crippen molar-refractivity contribution >= 4 is 0 Å². The summed E-state index contributed by atoms with van der Waals surface area (Å²) < 4.78 is 18.9. The third-order valence-electron chi connectivity index (χ3n) is 5.23. The lowest BCUT2D eigenvalue weighted by atomic mass is 10.2. The van der Waals surface area contributed by atoms with Crippen LogP contribution in [0.15, 0.2) is 42.5 Å². The first-order valence-electron chi connectivity index (χ1n) is 10.3. The molecule has 1 atom stereocenters. The molecule has 0 amide bonds. The fourth-order valence-electron chi connectivity index (χ4n) is 3.55. The van der Waals surface area contributed by atoms with Crippen LogP contribution in [0.2, 0.25) is 0 Å². The van der Waals surface area contributed by atoms with Crippen molar-refractivity contribution in [3.05, 3.63) is 59.4 Å². The number of aryl methyl sites for hydroxylation is 1. The molecule has 8 nitrogen and oxygen atoms in total. The van der Waals surface area contributed by atoms with Crippen molar-refractivity contribution in [1.82, 2.24) is 20.2 Å². The van der Waals surface area contributed by atoms with Crippen molar-refractivity contribution in [1.29, 1.82) is 0 Å². The van der Waals surface area contributed by atoms with E-state index in [4.69, 9.17) is 14.2 Å². The predicted octanol–water partition coefficient (Wildman–Crippen LogP) is 1.80. The topological polar surface area (TPSA) is 87.9 Å². The van der Waals surface area contributed by atoms with Gasteiger partial charge in [-0.05, 0) is 60.5 Å². The predicted molar refractivity (Wildman–Crippen MR) is 111 cm³/mol. The van der Waals surface area contributed by atoms with E-state index in [-0.39, 0.29) is 6.61 Å². The second kappa shape index (κ2) is 9.69. The zero-order valence-corrected chi connectivity index (χ0v) is 17.5. The highest BCUT2D eigenvalue weighted by atomic mass is 16.5. The zero-order chi connectivity index (χ0) is 20.8. The van der Waals surface area contributed by atoms with Gasteiger partial charge in [0.15, 0.2) is 23.9 Å². The molecule has 158 valence electrons. The number of benzene rings is 2. The second-order valence-electron chi connectivity index (χ2n) is 7.48. The average Bonchev–Trinajstić information content (AvgIpc) is 3.45. The minimum atomic E-state index is 0.238. The molecular weight excluding hydrogens is 382 g/mol. The lowest BCUT2D eigenvalue weighted by Crippen LogP contribution is -2.84. The molecule has 1 aromatic heterocycles.